The van der Waals surface area contributed by atoms with Crippen LogP contribution in [0.1, 0.15) is 12.0 Å². The molecule has 1 fully saturated rings. The highest BCUT2D eigenvalue weighted by atomic mass is 16.6. The van der Waals surface area contributed by atoms with Crippen LogP contribution in [0.2, 0.25) is 0 Å². The van der Waals surface area contributed by atoms with Crippen molar-refractivity contribution in [3.05, 3.63) is 27.9 Å². The zero-order valence-electron chi connectivity index (χ0n) is 9.76. The molecule has 0 N–H and O–H groups in total. The van der Waals surface area contributed by atoms with Gasteiger partial charge in [-0.25, -0.2) is 4.98 Å². The quantitative estimate of drug-likeness (QED) is 0.576. The van der Waals surface area contributed by atoms with Crippen LogP contribution in [0, 0.1) is 17.0 Å². The SMILES string of the molecule is Cc1cnc(N2CCCOCC2)c([N+](=O)[O-])c1. The lowest BCUT2D eigenvalue weighted by Crippen LogP contribution is -2.27. The van der Waals surface area contributed by atoms with Crippen molar-refractivity contribution in [2.45, 2.75) is 13.3 Å². The molecule has 1 aromatic rings. The number of hydrogen-bond donors (Lipinski definition) is 0. The van der Waals surface area contributed by atoms with Crippen molar-refractivity contribution in [1.82, 2.24) is 4.98 Å². The zero-order valence-corrected chi connectivity index (χ0v) is 9.76. The van der Waals surface area contributed by atoms with Gasteiger partial charge in [-0.3, -0.25) is 10.1 Å². The number of ether oxygens (including phenoxy) is 1. The minimum atomic E-state index is -0.374. The molecule has 2 heterocycles. The molecule has 0 unspecified atom stereocenters. The maximum atomic E-state index is 11.0. The van der Waals surface area contributed by atoms with Gasteiger partial charge < -0.3 is 9.64 Å². The van der Waals surface area contributed by atoms with E-state index in [4.69, 9.17) is 4.74 Å². The van der Waals surface area contributed by atoms with E-state index in [1.165, 1.54) is 0 Å². The number of aromatic nitrogens is 1. The lowest BCUT2D eigenvalue weighted by Gasteiger charge is -2.20. The Balaban J connectivity index is 2.32. The topological polar surface area (TPSA) is 68.5 Å². The van der Waals surface area contributed by atoms with Gasteiger partial charge in [0.2, 0.25) is 5.82 Å². The summed E-state index contributed by atoms with van der Waals surface area (Å²) in [6, 6.07) is 1.56. The molecule has 0 radical (unpaired) electrons. The van der Waals surface area contributed by atoms with Gasteiger partial charge >= 0.3 is 5.69 Å². The van der Waals surface area contributed by atoms with Crippen LogP contribution in [0.15, 0.2) is 12.3 Å². The van der Waals surface area contributed by atoms with Crippen molar-refractivity contribution in [3.8, 4) is 0 Å². The Morgan fingerprint density at radius 2 is 2.29 bits per heavy atom. The fourth-order valence-corrected chi connectivity index (χ4v) is 1.88. The van der Waals surface area contributed by atoms with Crippen molar-refractivity contribution in [3.63, 3.8) is 0 Å². The smallest absolute Gasteiger partial charge is 0.311 e. The van der Waals surface area contributed by atoms with Crippen molar-refractivity contribution in [1.29, 1.82) is 0 Å². The summed E-state index contributed by atoms with van der Waals surface area (Å²) in [6.07, 6.45) is 2.53. The largest absolute Gasteiger partial charge is 0.380 e. The first-order chi connectivity index (χ1) is 8.18. The third kappa shape index (κ3) is 2.71. The third-order valence-corrected chi connectivity index (χ3v) is 2.70. The van der Waals surface area contributed by atoms with Crippen molar-refractivity contribution in [2.24, 2.45) is 0 Å². The molecule has 6 nitrogen and oxygen atoms in total. The standard InChI is InChI=1S/C11H15N3O3/c1-9-7-10(14(15)16)11(12-8-9)13-3-2-5-17-6-4-13/h7-8H,2-6H2,1H3. The van der Waals surface area contributed by atoms with E-state index >= 15 is 0 Å². The van der Waals surface area contributed by atoms with Crippen LogP contribution in [0.25, 0.3) is 0 Å². The molecule has 0 saturated carbocycles. The molecule has 92 valence electrons. The Morgan fingerprint density at radius 1 is 1.47 bits per heavy atom. The average Bonchev–Trinajstić information content (AvgIpc) is 2.57. The molecule has 0 amide bonds. The second-order valence-corrected chi connectivity index (χ2v) is 4.07. The predicted octanol–water partition coefficient (Wildman–Crippen LogP) is 1.52. The van der Waals surface area contributed by atoms with E-state index in [1.807, 2.05) is 4.90 Å². The molecule has 2 rings (SSSR count). The van der Waals surface area contributed by atoms with Gasteiger partial charge in [0.25, 0.3) is 0 Å². The van der Waals surface area contributed by atoms with Gasteiger partial charge in [-0.1, -0.05) is 0 Å². The summed E-state index contributed by atoms with van der Waals surface area (Å²) in [6.45, 7) is 4.49. The lowest BCUT2D eigenvalue weighted by atomic mass is 10.2. The number of nitro groups is 1. The minimum absolute atomic E-state index is 0.0758. The third-order valence-electron chi connectivity index (χ3n) is 2.70. The first-order valence-electron chi connectivity index (χ1n) is 5.62. The van der Waals surface area contributed by atoms with E-state index in [0.29, 0.717) is 25.6 Å². The Hall–Kier alpha value is -1.69. The molecule has 0 atom stereocenters. The van der Waals surface area contributed by atoms with Gasteiger partial charge in [-0.15, -0.1) is 0 Å². The van der Waals surface area contributed by atoms with E-state index in [-0.39, 0.29) is 10.6 Å². The number of anilines is 1. The Bertz CT molecular complexity index is 414. The van der Waals surface area contributed by atoms with Crippen LogP contribution >= 0.6 is 0 Å². The van der Waals surface area contributed by atoms with Gasteiger partial charge in [-0.05, 0) is 18.9 Å². The number of nitrogens with zero attached hydrogens (tertiary/aromatic N) is 3. The van der Waals surface area contributed by atoms with E-state index in [0.717, 1.165) is 18.5 Å². The van der Waals surface area contributed by atoms with Crippen LogP contribution in [0.5, 0.6) is 0 Å². The van der Waals surface area contributed by atoms with E-state index in [2.05, 4.69) is 4.98 Å². The summed E-state index contributed by atoms with van der Waals surface area (Å²) in [5, 5.41) is 11.0. The Morgan fingerprint density at radius 3 is 3.06 bits per heavy atom. The summed E-state index contributed by atoms with van der Waals surface area (Å²) in [5.74, 6) is 0.450. The van der Waals surface area contributed by atoms with E-state index in [1.54, 1.807) is 19.2 Å². The molecule has 17 heavy (non-hydrogen) atoms. The second kappa shape index (κ2) is 5.09. The molecule has 0 spiro atoms. The van der Waals surface area contributed by atoms with E-state index < -0.39 is 0 Å². The number of pyridine rings is 1. The normalized spacial score (nSPS) is 16.6. The minimum Gasteiger partial charge on any atom is -0.380 e. The first-order valence-corrected chi connectivity index (χ1v) is 5.62. The van der Waals surface area contributed by atoms with E-state index in [9.17, 15) is 10.1 Å². The second-order valence-electron chi connectivity index (χ2n) is 4.07. The van der Waals surface area contributed by atoms with Crippen LogP contribution in [-0.4, -0.2) is 36.2 Å². The maximum Gasteiger partial charge on any atom is 0.311 e. The molecular weight excluding hydrogens is 222 g/mol. The highest BCUT2D eigenvalue weighted by Gasteiger charge is 2.22. The Kier molecular flexibility index (Phi) is 3.53. The molecule has 0 aromatic carbocycles. The number of aryl methyl sites for hydroxylation is 1. The lowest BCUT2D eigenvalue weighted by molar-refractivity contribution is -0.384. The number of rotatable bonds is 2. The molecule has 1 aromatic heterocycles. The van der Waals surface area contributed by atoms with Crippen molar-refractivity contribution in [2.75, 3.05) is 31.2 Å². The fraction of sp³-hybridized carbons (Fsp3) is 0.545. The highest BCUT2D eigenvalue weighted by molar-refractivity contribution is 5.58. The summed E-state index contributed by atoms with van der Waals surface area (Å²) >= 11 is 0. The van der Waals surface area contributed by atoms with Gasteiger partial charge in [-0.2, -0.15) is 0 Å². The monoisotopic (exact) mass is 237 g/mol. The summed E-state index contributed by atoms with van der Waals surface area (Å²) in [5.41, 5.74) is 0.874. The van der Waals surface area contributed by atoms with Crippen LogP contribution in [0.3, 0.4) is 0 Å². The highest BCUT2D eigenvalue weighted by Crippen LogP contribution is 2.26. The molecule has 0 bridgehead atoms. The number of hydrogen-bond acceptors (Lipinski definition) is 5. The molecule has 1 aliphatic rings. The average molecular weight is 237 g/mol. The van der Waals surface area contributed by atoms with Crippen LogP contribution in [-0.2, 0) is 4.74 Å². The Labute approximate surface area is 99.4 Å². The van der Waals surface area contributed by atoms with Gasteiger partial charge in [0.1, 0.15) is 0 Å². The summed E-state index contributed by atoms with van der Waals surface area (Å²) in [7, 11) is 0. The summed E-state index contributed by atoms with van der Waals surface area (Å²) in [4.78, 5) is 16.8. The molecule has 0 aliphatic carbocycles. The fourth-order valence-electron chi connectivity index (χ4n) is 1.88. The van der Waals surface area contributed by atoms with Crippen molar-refractivity contribution >= 4 is 11.5 Å². The summed E-state index contributed by atoms with van der Waals surface area (Å²) < 4.78 is 5.33. The zero-order chi connectivity index (χ0) is 12.3. The van der Waals surface area contributed by atoms with Crippen molar-refractivity contribution < 1.29 is 9.66 Å². The molecular formula is C11H15N3O3. The van der Waals surface area contributed by atoms with Gasteiger partial charge in [0, 0.05) is 32.0 Å². The predicted molar refractivity (Wildman–Crippen MR) is 63.3 cm³/mol. The van der Waals surface area contributed by atoms with Gasteiger partial charge in [0.15, 0.2) is 0 Å². The molecule has 1 aliphatic heterocycles. The molecule has 6 heteroatoms. The van der Waals surface area contributed by atoms with Crippen LogP contribution < -0.4 is 4.90 Å². The molecule has 1 saturated heterocycles. The van der Waals surface area contributed by atoms with Crippen LogP contribution in [0.4, 0.5) is 11.5 Å². The first kappa shape index (κ1) is 11.8. The van der Waals surface area contributed by atoms with Gasteiger partial charge in [0.05, 0.1) is 11.5 Å². The maximum absolute atomic E-state index is 11.0.